The Labute approximate surface area is 143 Å². The fraction of sp³-hybridized carbons (Fsp3) is 0.267. The molecule has 3 rings (SSSR count). The molecule has 2 heterocycles. The zero-order chi connectivity index (χ0) is 16.4. The number of nitrogens with two attached hydrogens (primary N) is 1. The first-order valence-corrected chi connectivity index (χ1v) is 9.35. The lowest BCUT2D eigenvalue weighted by Gasteiger charge is -2.28. The minimum absolute atomic E-state index is 0.200. The number of nitrogens with zero attached hydrogens (tertiary/aromatic N) is 2. The number of benzene rings is 1. The van der Waals surface area contributed by atoms with E-state index in [1.807, 2.05) is 4.90 Å². The fourth-order valence-corrected chi connectivity index (χ4v) is 4.23. The van der Waals surface area contributed by atoms with Crippen LogP contribution >= 0.6 is 15.9 Å². The highest BCUT2D eigenvalue weighted by Gasteiger charge is 2.21. The molecule has 0 aliphatic carbocycles. The maximum atomic E-state index is 12.8. The van der Waals surface area contributed by atoms with Gasteiger partial charge >= 0.3 is 0 Å². The number of anilines is 2. The van der Waals surface area contributed by atoms with Crippen LogP contribution in [0.3, 0.4) is 0 Å². The lowest BCUT2D eigenvalue weighted by atomic mass is 10.3. The summed E-state index contributed by atoms with van der Waals surface area (Å²) in [5, 5.41) is 0. The van der Waals surface area contributed by atoms with Crippen LogP contribution in [0.5, 0.6) is 0 Å². The fourth-order valence-electron chi connectivity index (χ4n) is 2.35. The van der Waals surface area contributed by atoms with Crippen molar-refractivity contribution >= 4 is 37.3 Å². The SMILES string of the molecule is Nc1ccc(S(=O)(=O)c2cc(Br)nc(N3CCOCC3)c2)cc1. The summed E-state index contributed by atoms with van der Waals surface area (Å²) < 4.78 is 31.4. The second-order valence-electron chi connectivity index (χ2n) is 5.16. The minimum atomic E-state index is -3.62. The molecule has 6 nitrogen and oxygen atoms in total. The number of sulfone groups is 1. The van der Waals surface area contributed by atoms with Gasteiger partial charge in [0, 0.05) is 18.8 Å². The van der Waals surface area contributed by atoms with Crippen LogP contribution in [0.25, 0.3) is 0 Å². The Balaban J connectivity index is 2.01. The van der Waals surface area contributed by atoms with Gasteiger partial charge in [-0.25, -0.2) is 13.4 Å². The third-order valence-electron chi connectivity index (χ3n) is 3.59. The second-order valence-corrected chi connectivity index (χ2v) is 7.92. The van der Waals surface area contributed by atoms with E-state index in [2.05, 4.69) is 20.9 Å². The van der Waals surface area contributed by atoms with E-state index in [0.717, 1.165) is 0 Å². The highest BCUT2D eigenvalue weighted by Crippen LogP contribution is 2.27. The molecule has 0 bridgehead atoms. The van der Waals surface area contributed by atoms with Crippen LogP contribution in [0.15, 0.2) is 50.8 Å². The van der Waals surface area contributed by atoms with E-state index in [-0.39, 0.29) is 9.79 Å². The zero-order valence-corrected chi connectivity index (χ0v) is 14.7. The van der Waals surface area contributed by atoms with E-state index in [0.29, 0.717) is 42.4 Å². The maximum Gasteiger partial charge on any atom is 0.206 e. The van der Waals surface area contributed by atoms with Gasteiger partial charge < -0.3 is 15.4 Å². The first-order chi connectivity index (χ1) is 11.0. The molecule has 0 amide bonds. The smallest absolute Gasteiger partial charge is 0.206 e. The van der Waals surface area contributed by atoms with Crippen molar-refractivity contribution in [3.05, 3.63) is 41.0 Å². The quantitative estimate of drug-likeness (QED) is 0.630. The van der Waals surface area contributed by atoms with Crippen LogP contribution < -0.4 is 10.6 Å². The van der Waals surface area contributed by atoms with E-state index in [9.17, 15) is 8.42 Å². The molecule has 1 aromatic carbocycles. The van der Waals surface area contributed by atoms with Gasteiger partial charge in [0.05, 0.1) is 23.0 Å². The van der Waals surface area contributed by atoms with Gasteiger partial charge in [0.25, 0.3) is 0 Å². The van der Waals surface area contributed by atoms with Crippen LogP contribution in [0.4, 0.5) is 11.5 Å². The number of rotatable bonds is 3. The summed E-state index contributed by atoms with van der Waals surface area (Å²) >= 11 is 3.30. The number of morpholine rings is 1. The van der Waals surface area contributed by atoms with Crippen molar-refractivity contribution in [1.29, 1.82) is 0 Å². The van der Waals surface area contributed by atoms with Gasteiger partial charge in [0.1, 0.15) is 10.4 Å². The highest BCUT2D eigenvalue weighted by atomic mass is 79.9. The molecule has 0 saturated carbocycles. The van der Waals surface area contributed by atoms with Crippen LogP contribution in [0, 0.1) is 0 Å². The van der Waals surface area contributed by atoms with Gasteiger partial charge in [0.2, 0.25) is 9.84 Å². The molecule has 8 heteroatoms. The average Bonchev–Trinajstić information content (AvgIpc) is 2.55. The topological polar surface area (TPSA) is 85.5 Å². The summed E-state index contributed by atoms with van der Waals surface area (Å²) in [5.74, 6) is 0.622. The van der Waals surface area contributed by atoms with E-state index < -0.39 is 9.84 Å². The van der Waals surface area contributed by atoms with Gasteiger partial charge in [0.15, 0.2) is 0 Å². The number of hydrogen-bond donors (Lipinski definition) is 1. The van der Waals surface area contributed by atoms with Crippen LogP contribution in [0.2, 0.25) is 0 Å². The number of ether oxygens (including phenoxy) is 1. The minimum Gasteiger partial charge on any atom is -0.399 e. The van der Waals surface area contributed by atoms with Gasteiger partial charge in [-0.3, -0.25) is 0 Å². The van der Waals surface area contributed by atoms with Crippen molar-refractivity contribution in [1.82, 2.24) is 4.98 Å². The molecular formula is C15H16BrN3O3S. The van der Waals surface area contributed by atoms with Crippen LogP contribution in [-0.4, -0.2) is 39.7 Å². The van der Waals surface area contributed by atoms with E-state index in [1.165, 1.54) is 18.2 Å². The molecule has 0 spiro atoms. The number of nitrogen functional groups attached to an aromatic ring is 1. The molecule has 1 aromatic heterocycles. The zero-order valence-electron chi connectivity index (χ0n) is 12.3. The molecule has 0 radical (unpaired) electrons. The predicted molar refractivity (Wildman–Crippen MR) is 91.3 cm³/mol. The standard InChI is InChI=1S/C15H16BrN3O3S/c16-14-9-13(10-15(18-14)19-5-7-22-8-6-19)23(20,21)12-3-1-11(17)2-4-12/h1-4,9-10H,5-8,17H2. The summed E-state index contributed by atoms with van der Waals surface area (Å²) in [4.78, 5) is 6.80. The number of hydrogen-bond acceptors (Lipinski definition) is 6. The summed E-state index contributed by atoms with van der Waals surface area (Å²) in [6.45, 7) is 2.58. The summed E-state index contributed by atoms with van der Waals surface area (Å²) in [6, 6.07) is 9.27. The second kappa shape index (κ2) is 6.46. The number of halogens is 1. The molecule has 2 N–H and O–H groups in total. The monoisotopic (exact) mass is 397 g/mol. The number of aromatic nitrogens is 1. The summed E-state index contributed by atoms with van der Waals surface area (Å²) in [6.07, 6.45) is 0. The molecule has 2 aromatic rings. The van der Waals surface area contributed by atoms with Crippen molar-refractivity contribution in [3.8, 4) is 0 Å². The van der Waals surface area contributed by atoms with Gasteiger partial charge in [-0.2, -0.15) is 0 Å². The first kappa shape index (κ1) is 16.2. The highest BCUT2D eigenvalue weighted by molar-refractivity contribution is 9.10. The molecule has 1 aliphatic heterocycles. The van der Waals surface area contributed by atoms with Crippen LogP contribution in [-0.2, 0) is 14.6 Å². The molecular weight excluding hydrogens is 382 g/mol. The predicted octanol–water partition coefficient (Wildman–Crippen LogP) is 2.10. The Morgan fingerprint density at radius 3 is 2.39 bits per heavy atom. The molecule has 1 fully saturated rings. The van der Waals surface area contributed by atoms with Gasteiger partial charge in [-0.1, -0.05) is 0 Å². The van der Waals surface area contributed by atoms with E-state index >= 15 is 0 Å². The first-order valence-electron chi connectivity index (χ1n) is 7.08. The molecule has 122 valence electrons. The Bertz CT molecular complexity index is 803. The van der Waals surface area contributed by atoms with Crippen molar-refractivity contribution < 1.29 is 13.2 Å². The van der Waals surface area contributed by atoms with Crippen molar-refractivity contribution in [2.24, 2.45) is 0 Å². The van der Waals surface area contributed by atoms with Crippen LogP contribution in [0.1, 0.15) is 0 Å². The summed E-state index contributed by atoms with van der Waals surface area (Å²) in [7, 11) is -3.62. The molecule has 0 atom stereocenters. The van der Waals surface area contributed by atoms with Crippen molar-refractivity contribution in [2.75, 3.05) is 36.9 Å². The largest absolute Gasteiger partial charge is 0.399 e. The third kappa shape index (κ3) is 3.49. The van der Waals surface area contributed by atoms with E-state index in [1.54, 1.807) is 18.2 Å². The average molecular weight is 398 g/mol. The lowest BCUT2D eigenvalue weighted by Crippen LogP contribution is -2.36. The van der Waals surface area contributed by atoms with Crippen molar-refractivity contribution in [3.63, 3.8) is 0 Å². The molecule has 1 aliphatic rings. The number of pyridine rings is 1. The Morgan fingerprint density at radius 1 is 1.09 bits per heavy atom. The molecule has 23 heavy (non-hydrogen) atoms. The van der Waals surface area contributed by atoms with Gasteiger partial charge in [-0.15, -0.1) is 0 Å². The normalized spacial score (nSPS) is 15.6. The molecule has 1 saturated heterocycles. The Morgan fingerprint density at radius 2 is 1.74 bits per heavy atom. The van der Waals surface area contributed by atoms with Crippen molar-refractivity contribution in [2.45, 2.75) is 9.79 Å². The third-order valence-corrected chi connectivity index (χ3v) is 5.75. The summed E-state index contributed by atoms with van der Waals surface area (Å²) in [5.41, 5.74) is 6.15. The lowest BCUT2D eigenvalue weighted by molar-refractivity contribution is 0.122. The van der Waals surface area contributed by atoms with Gasteiger partial charge in [-0.05, 0) is 52.3 Å². The van der Waals surface area contributed by atoms with E-state index in [4.69, 9.17) is 10.5 Å². The maximum absolute atomic E-state index is 12.8. The Kier molecular flexibility index (Phi) is 4.56. The molecule has 0 unspecified atom stereocenters. The Hall–Kier alpha value is -1.64.